The summed E-state index contributed by atoms with van der Waals surface area (Å²) < 4.78 is 0. The van der Waals surface area contributed by atoms with E-state index in [1.165, 1.54) is 0 Å². The lowest BCUT2D eigenvalue weighted by Gasteiger charge is -2.42. The third kappa shape index (κ3) is 3.95. The van der Waals surface area contributed by atoms with Crippen molar-refractivity contribution in [3.8, 4) is 6.07 Å². The summed E-state index contributed by atoms with van der Waals surface area (Å²) in [5, 5.41) is 32.3. The molecule has 1 amide bonds. The van der Waals surface area contributed by atoms with Crippen LogP contribution in [0.4, 0.5) is 5.69 Å². The molecule has 0 bridgehead atoms. The molecule has 140 valence electrons. The van der Waals surface area contributed by atoms with Gasteiger partial charge in [0.15, 0.2) is 0 Å². The van der Waals surface area contributed by atoms with Crippen molar-refractivity contribution in [1.29, 1.82) is 5.26 Å². The minimum atomic E-state index is -1.05. The number of aliphatic hydroxyl groups is 2. The molecule has 0 aliphatic carbocycles. The molecule has 3 N–H and O–H groups in total. The van der Waals surface area contributed by atoms with Gasteiger partial charge in [0.1, 0.15) is 11.6 Å². The first-order valence-corrected chi connectivity index (χ1v) is 9.02. The van der Waals surface area contributed by atoms with Crippen LogP contribution in [-0.4, -0.2) is 48.0 Å². The van der Waals surface area contributed by atoms with E-state index in [1.807, 2.05) is 36.4 Å². The molecule has 1 saturated heterocycles. The second kappa shape index (κ2) is 8.21. The highest BCUT2D eigenvalue weighted by Gasteiger charge is 2.27. The maximum atomic E-state index is 12.3. The highest BCUT2D eigenvalue weighted by Crippen LogP contribution is 2.37. The fourth-order valence-corrected chi connectivity index (χ4v) is 3.23. The predicted molar refractivity (Wildman–Crippen MR) is 105 cm³/mol. The Morgan fingerprint density at radius 3 is 2.81 bits per heavy atom. The summed E-state index contributed by atoms with van der Waals surface area (Å²) >= 11 is 0. The average molecular weight is 365 g/mol. The van der Waals surface area contributed by atoms with Crippen molar-refractivity contribution in [2.24, 2.45) is 0 Å². The Morgan fingerprint density at radius 2 is 2.19 bits per heavy atom. The normalized spacial score (nSPS) is 17.9. The molecule has 0 saturated carbocycles. The number of fused-ring (bicyclic) bond motifs is 1. The molecule has 6 nitrogen and oxygen atoms in total. The molecule has 1 aliphatic rings. The van der Waals surface area contributed by atoms with Crippen LogP contribution in [0.25, 0.3) is 16.8 Å². The van der Waals surface area contributed by atoms with Gasteiger partial charge in [0, 0.05) is 24.5 Å². The summed E-state index contributed by atoms with van der Waals surface area (Å²) in [5.74, 6) is -0.569. The number of anilines is 1. The topological polar surface area (TPSA) is 96.6 Å². The Labute approximate surface area is 158 Å². The quantitative estimate of drug-likeness (QED) is 0.536. The Morgan fingerprint density at radius 1 is 1.41 bits per heavy atom. The Hall–Kier alpha value is -2.88. The Bertz CT molecular complexity index is 917. The smallest absolute Gasteiger partial charge is 0.262 e. The molecule has 0 radical (unpaired) electrons. The SMILES string of the molecule is CC1CCN1c1c(/C=C(\C#N)C(=O)NCC(O)CO)ccc2ccccc12. The van der Waals surface area contributed by atoms with E-state index in [0.717, 1.165) is 35.0 Å². The van der Waals surface area contributed by atoms with Crippen molar-refractivity contribution in [3.05, 3.63) is 47.5 Å². The second-order valence-electron chi connectivity index (χ2n) is 6.77. The number of carbonyl (C=O) groups excluding carboxylic acids is 1. The van der Waals surface area contributed by atoms with Crippen LogP contribution in [0.15, 0.2) is 42.0 Å². The molecule has 0 aromatic heterocycles. The van der Waals surface area contributed by atoms with Crippen molar-refractivity contribution >= 4 is 28.4 Å². The number of nitriles is 1. The van der Waals surface area contributed by atoms with E-state index < -0.39 is 18.6 Å². The molecule has 2 aromatic carbocycles. The molecule has 1 fully saturated rings. The lowest BCUT2D eigenvalue weighted by molar-refractivity contribution is -0.117. The summed E-state index contributed by atoms with van der Waals surface area (Å²) in [6.07, 6.45) is 1.65. The van der Waals surface area contributed by atoms with E-state index in [9.17, 15) is 15.2 Å². The van der Waals surface area contributed by atoms with E-state index in [4.69, 9.17) is 5.11 Å². The van der Waals surface area contributed by atoms with Crippen LogP contribution in [0.2, 0.25) is 0 Å². The fourth-order valence-electron chi connectivity index (χ4n) is 3.23. The van der Waals surface area contributed by atoms with Gasteiger partial charge in [0.05, 0.1) is 18.4 Å². The number of amides is 1. The number of carbonyl (C=O) groups is 1. The van der Waals surface area contributed by atoms with Crippen LogP contribution in [0.3, 0.4) is 0 Å². The lowest BCUT2D eigenvalue weighted by Crippen LogP contribution is -2.46. The maximum Gasteiger partial charge on any atom is 0.262 e. The molecular weight excluding hydrogens is 342 g/mol. The number of benzene rings is 2. The molecule has 3 rings (SSSR count). The number of hydrogen-bond acceptors (Lipinski definition) is 5. The predicted octanol–water partition coefficient (Wildman–Crippen LogP) is 1.81. The van der Waals surface area contributed by atoms with Gasteiger partial charge in [-0.05, 0) is 30.4 Å². The summed E-state index contributed by atoms with van der Waals surface area (Å²) in [7, 11) is 0. The molecule has 1 aliphatic heterocycles. The highest BCUT2D eigenvalue weighted by atomic mass is 16.3. The van der Waals surface area contributed by atoms with Gasteiger partial charge in [-0.25, -0.2) is 0 Å². The van der Waals surface area contributed by atoms with Gasteiger partial charge in [-0.2, -0.15) is 5.26 Å². The van der Waals surface area contributed by atoms with Crippen LogP contribution in [-0.2, 0) is 4.79 Å². The third-order valence-electron chi connectivity index (χ3n) is 4.91. The lowest BCUT2D eigenvalue weighted by atomic mass is 9.96. The minimum absolute atomic E-state index is 0.0372. The number of nitrogens with zero attached hydrogens (tertiary/aromatic N) is 2. The fraction of sp³-hybridized carbons (Fsp3) is 0.333. The van der Waals surface area contributed by atoms with E-state index >= 15 is 0 Å². The van der Waals surface area contributed by atoms with Gasteiger partial charge in [0.2, 0.25) is 0 Å². The first-order chi connectivity index (χ1) is 13.0. The zero-order chi connectivity index (χ0) is 19.4. The summed E-state index contributed by atoms with van der Waals surface area (Å²) in [4.78, 5) is 14.6. The molecule has 1 heterocycles. The van der Waals surface area contributed by atoms with Crippen molar-refractivity contribution in [3.63, 3.8) is 0 Å². The van der Waals surface area contributed by atoms with Crippen LogP contribution in [0.1, 0.15) is 18.9 Å². The van der Waals surface area contributed by atoms with Crippen LogP contribution < -0.4 is 10.2 Å². The molecule has 2 aromatic rings. The minimum Gasteiger partial charge on any atom is -0.394 e. The molecule has 27 heavy (non-hydrogen) atoms. The monoisotopic (exact) mass is 365 g/mol. The van der Waals surface area contributed by atoms with Gasteiger partial charge in [0.25, 0.3) is 5.91 Å². The van der Waals surface area contributed by atoms with Crippen LogP contribution in [0, 0.1) is 11.3 Å². The van der Waals surface area contributed by atoms with Crippen molar-refractivity contribution in [1.82, 2.24) is 5.32 Å². The van der Waals surface area contributed by atoms with E-state index in [0.29, 0.717) is 6.04 Å². The molecule has 6 heteroatoms. The standard InChI is InChI=1S/C21H23N3O3/c1-14-8-9-24(14)20-16(7-6-15-4-2-3-5-19(15)20)10-17(11-22)21(27)23-12-18(26)13-25/h2-7,10,14,18,25-26H,8-9,12-13H2,1H3,(H,23,27)/b17-10+. The maximum absolute atomic E-state index is 12.3. The van der Waals surface area contributed by atoms with E-state index in [1.54, 1.807) is 6.08 Å². The average Bonchev–Trinajstić information content (AvgIpc) is 2.69. The van der Waals surface area contributed by atoms with Crippen LogP contribution >= 0.6 is 0 Å². The summed E-state index contributed by atoms with van der Waals surface area (Å²) in [6.45, 7) is 2.54. The Kier molecular flexibility index (Phi) is 5.75. The van der Waals surface area contributed by atoms with E-state index in [2.05, 4.69) is 23.2 Å². The zero-order valence-electron chi connectivity index (χ0n) is 15.2. The molecular formula is C21H23N3O3. The zero-order valence-corrected chi connectivity index (χ0v) is 15.2. The number of rotatable bonds is 6. The van der Waals surface area contributed by atoms with E-state index in [-0.39, 0.29) is 12.1 Å². The Balaban J connectivity index is 1.99. The molecule has 2 unspecified atom stereocenters. The van der Waals surface area contributed by atoms with Crippen LogP contribution in [0.5, 0.6) is 0 Å². The number of nitrogens with one attached hydrogen (secondary N) is 1. The van der Waals surface area contributed by atoms with Gasteiger partial charge in [-0.1, -0.05) is 36.4 Å². The van der Waals surface area contributed by atoms with Gasteiger partial charge in [-0.3, -0.25) is 4.79 Å². The third-order valence-corrected chi connectivity index (χ3v) is 4.91. The van der Waals surface area contributed by atoms with Gasteiger partial charge < -0.3 is 20.4 Å². The largest absolute Gasteiger partial charge is 0.394 e. The van der Waals surface area contributed by atoms with Crippen molar-refractivity contribution in [2.75, 3.05) is 24.6 Å². The van der Waals surface area contributed by atoms with Crippen molar-refractivity contribution < 1.29 is 15.0 Å². The molecule has 0 spiro atoms. The first kappa shape index (κ1) is 18.9. The highest BCUT2D eigenvalue weighted by molar-refractivity contribution is 6.05. The molecule has 2 atom stereocenters. The number of aliphatic hydroxyl groups excluding tert-OH is 2. The second-order valence-corrected chi connectivity index (χ2v) is 6.77. The summed E-state index contributed by atoms with van der Waals surface area (Å²) in [5.41, 5.74) is 1.81. The van der Waals surface area contributed by atoms with Crippen molar-refractivity contribution in [2.45, 2.75) is 25.5 Å². The number of hydrogen-bond donors (Lipinski definition) is 3. The van der Waals surface area contributed by atoms with Gasteiger partial charge in [-0.15, -0.1) is 0 Å². The summed E-state index contributed by atoms with van der Waals surface area (Å²) in [6, 6.07) is 14.3. The van der Waals surface area contributed by atoms with Gasteiger partial charge >= 0.3 is 0 Å². The first-order valence-electron chi connectivity index (χ1n) is 9.02.